The van der Waals surface area contributed by atoms with Crippen LogP contribution in [0.3, 0.4) is 0 Å². The van der Waals surface area contributed by atoms with Gasteiger partial charge in [-0.05, 0) is 35.4 Å². The van der Waals surface area contributed by atoms with Gasteiger partial charge in [-0.25, -0.2) is 4.79 Å². The Kier molecular flexibility index (Phi) is 4.70. The van der Waals surface area contributed by atoms with Crippen molar-refractivity contribution in [3.05, 3.63) is 89.6 Å². The predicted molar refractivity (Wildman–Crippen MR) is 96.5 cm³/mol. The van der Waals surface area contributed by atoms with E-state index in [4.69, 9.17) is 9.15 Å². The van der Waals surface area contributed by atoms with Gasteiger partial charge < -0.3 is 14.1 Å². The molecule has 3 aromatic rings. The molecule has 0 spiro atoms. The summed E-state index contributed by atoms with van der Waals surface area (Å²) in [5.41, 5.74) is 2.23. The molecule has 1 atom stereocenters. The van der Waals surface area contributed by atoms with E-state index < -0.39 is 12.1 Å². The maximum absolute atomic E-state index is 13.2. The summed E-state index contributed by atoms with van der Waals surface area (Å²) in [6.45, 7) is 0.638. The van der Waals surface area contributed by atoms with Crippen molar-refractivity contribution in [2.45, 2.75) is 25.6 Å². The summed E-state index contributed by atoms with van der Waals surface area (Å²) in [4.78, 5) is 31.2. The third kappa shape index (κ3) is 3.74. The molecule has 0 bridgehead atoms. The number of esters is 1. The molecule has 2 aromatic heterocycles. The molecule has 27 heavy (non-hydrogen) atoms. The van der Waals surface area contributed by atoms with Gasteiger partial charge in [-0.3, -0.25) is 9.78 Å². The van der Waals surface area contributed by atoms with E-state index in [9.17, 15) is 9.59 Å². The maximum atomic E-state index is 13.2. The van der Waals surface area contributed by atoms with E-state index in [1.54, 1.807) is 41.8 Å². The Morgan fingerprint density at radius 1 is 1.11 bits per heavy atom. The Labute approximate surface area is 156 Å². The topological polar surface area (TPSA) is 72.6 Å². The first kappa shape index (κ1) is 17.0. The van der Waals surface area contributed by atoms with Crippen LogP contribution >= 0.6 is 0 Å². The normalized spacial score (nSPS) is 15.7. The van der Waals surface area contributed by atoms with Crippen LogP contribution in [0, 0.1) is 0 Å². The van der Waals surface area contributed by atoms with E-state index in [2.05, 4.69) is 4.98 Å². The molecule has 0 radical (unpaired) electrons. The van der Waals surface area contributed by atoms with Gasteiger partial charge in [0.25, 0.3) is 5.91 Å². The van der Waals surface area contributed by atoms with E-state index in [0.717, 1.165) is 11.1 Å². The van der Waals surface area contributed by atoms with Crippen LogP contribution in [0.25, 0.3) is 0 Å². The minimum atomic E-state index is -0.848. The third-order valence-electron chi connectivity index (χ3n) is 4.50. The largest absolute Gasteiger partial charge is 0.467 e. The molecular weight excluding hydrogens is 344 g/mol. The van der Waals surface area contributed by atoms with Crippen LogP contribution in [0.4, 0.5) is 0 Å². The molecule has 136 valence electrons. The molecule has 1 aromatic carbocycles. The highest BCUT2D eigenvalue weighted by Gasteiger charge is 2.34. The first-order valence-corrected chi connectivity index (χ1v) is 8.69. The Morgan fingerprint density at radius 2 is 2.00 bits per heavy atom. The molecule has 6 nitrogen and oxygen atoms in total. The lowest BCUT2D eigenvalue weighted by molar-refractivity contribution is -0.142. The lowest BCUT2D eigenvalue weighted by Gasteiger charge is -2.29. The smallest absolute Gasteiger partial charge is 0.339 e. The van der Waals surface area contributed by atoms with E-state index in [-0.39, 0.29) is 12.5 Å². The molecule has 0 aliphatic carbocycles. The Bertz CT molecular complexity index is 938. The van der Waals surface area contributed by atoms with Crippen molar-refractivity contribution in [1.29, 1.82) is 0 Å². The molecule has 1 unspecified atom stereocenters. The average Bonchev–Trinajstić information content (AvgIpc) is 3.21. The second kappa shape index (κ2) is 7.45. The van der Waals surface area contributed by atoms with Gasteiger partial charge in [-0.2, -0.15) is 0 Å². The summed E-state index contributed by atoms with van der Waals surface area (Å²) in [7, 11) is 0. The number of furan rings is 1. The zero-order valence-corrected chi connectivity index (χ0v) is 14.6. The van der Waals surface area contributed by atoms with Crippen LogP contribution in [-0.4, -0.2) is 27.9 Å². The number of cyclic esters (lactones) is 1. The minimum absolute atomic E-state index is 0.252. The number of aromatic nitrogens is 1. The van der Waals surface area contributed by atoms with Gasteiger partial charge in [0.2, 0.25) is 0 Å². The number of ether oxygens (including phenoxy) is 1. The van der Waals surface area contributed by atoms with Crippen LogP contribution in [0.5, 0.6) is 0 Å². The van der Waals surface area contributed by atoms with Gasteiger partial charge in [0.05, 0.1) is 18.4 Å². The number of hydrogen-bond donors (Lipinski definition) is 0. The first-order valence-electron chi connectivity index (χ1n) is 8.69. The molecule has 0 saturated heterocycles. The Hall–Kier alpha value is -3.41. The van der Waals surface area contributed by atoms with E-state index in [0.29, 0.717) is 24.3 Å². The van der Waals surface area contributed by atoms with Crippen molar-refractivity contribution < 1.29 is 18.7 Å². The fourth-order valence-electron chi connectivity index (χ4n) is 3.19. The summed E-state index contributed by atoms with van der Waals surface area (Å²) in [6.07, 6.45) is 4.48. The predicted octanol–water partition coefficient (Wildman–Crippen LogP) is 2.99. The number of hydrogen-bond acceptors (Lipinski definition) is 5. The summed E-state index contributed by atoms with van der Waals surface area (Å²) in [5.74, 6) is -0.0533. The zero-order valence-electron chi connectivity index (χ0n) is 14.6. The molecule has 1 aliphatic rings. The number of carbonyl (C=O) groups is 2. The number of amides is 1. The number of fused-ring (bicyclic) bond motifs is 1. The standard InChI is InChI=1S/C21H18N2O4/c24-20(19-11-16-6-1-2-8-18(16)21(25)27-19)23(14-17-7-4-10-26-17)13-15-5-3-9-22-12-15/h1-10,12,19H,11,13-14H2. The zero-order chi connectivity index (χ0) is 18.6. The highest BCUT2D eigenvalue weighted by molar-refractivity contribution is 5.95. The van der Waals surface area contributed by atoms with Gasteiger partial charge in [0, 0.05) is 25.4 Å². The first-order chi connectivity index (χ1) is 13.2. The van der Waals surface area contributed by atoms with Crippen molar-refractivity contribution in [2.75, 3.05) is 0 Å². The van der Waals surface area contributed by atoms with Gasteiger partial charge >= 0.3 is 5.97 Å². The van der Waals surface area contributed by atoms with E-state index in [1.165, 1.54) is 0 Å². The lowest BCUT2D eigenvalue weighted by Crippen LogP contribution is -2.43. The molecule has 0 saturated carbocycles. The molecule has 4 rings (SSSR count). The van der Waals surface area contributed by atoms with Crippen LogP contribution < -0.4 is 0 Å². The fourth-order valence-corrected chi connectivity index (χ4v) is 3.19. The van der Waals surface area contributed by atoms with Crippen molar-refractivity contribution in [1.82, 2.24) is 9.88 Å². The molecule has 1 amide bonds. The van der Waals surface area contributed by atoms with Gasteiger partial charge in [0.1, 0.15) is 5.76 Å². The lowest BCUT2D eigenvalue weighted by atomic mass is 9.98. The number of pyridine rings is 1. The summed E-state index contributed by atoms with van der Waals surface area (Å²) >= 11 is 0. The van der Waals surface area contributed by atoms with Crippen LogP contribution in [-0.2, 0) is 29.0 Å². The SMILES string of the molecule is O=C1OC(C(=O)N(Cc2cccnc2)Cc2ccco2)Cc2ccccc21. The maximum Gasteiger partial charge on any atom is 0.339 e. The van der Waals surface area contributed by atoms with E-state index in [1.807, 2.05) is 30.3 Å². The number of carbonyl (C=O) groups excluding carboxylic acids is 2. The molecular formula is C21H18N2O4. The van der Waals surface area contributed by atoms with Crippen molar-refractivity contribution in [2.24, 2.45) is 0 Å². The second-order valence-electron chi connectivity index (χ2n) is 6.39. The number of rotatable bonds is 5. The number of nitrogens with zero attached hydrogens (tertiary/aromatic N) is 2. The average molecular weight is 362 g/mol. The minimum Gasteiger partial charge on any atom is -0.467 e. The van der Waals surface area contributed by atoms with Crippen molar-refractivity contribution in [3.63, 3.8) is 0 Å². The van der Waals surface area contributed by atoms with Crippen LogP contribution in [0.2, 0.25) is 0 Å². The van der Waals surface area contributed by atoms with Gasteiger partial charge in [-0.15, -0.1) is 0 Å². The molecule has 0 N–H and O–H groups in total. The highest BCUT2D eigenvalue weighted by Crippen LogP contribution is 2.23. The van der Waals surface area contributed by atoms with Gasteiger partial charge in [0.15, 0.2) is 6.10 Å². The number of benzene rings is 1. The molecule has 0 fully saturated rings. The summed E-state index contributed by atoms with van der Waals surface area (Å²) < 4.78 is 10.8. The van der Waals surface area contributed by atoms with Gasteiger partial charge in [-0.1, -0.05) is 24.3 Å². The van der Waals surface area contributed by atoms with Crippen LogP contribution in [0.15, 0.2) is 71.6 Å². The van der Waals surface area contributed by atoms with Crippen LogP contribution in [0.1, 0.15) is 27.2 Å². The fraction of sp³-hybridized carbons (Fsp3) is 0.190. The monoisotopic (exact) mass is 362 g/mol. The Balaban J connectivity index is 1.57. The van der Waals surface area contributed by atoms with Crippen molar-refractivity contribution in [3.8, 4) is 0 Å². The van der Waals surface area contributed by atoms with E-state index >= 15 is 0 Å². The highest BCUT2D eigenvalue weighted by atomic mass is 16.5. The third-order valence-corrected chi connectivity index (χ3v) is 4.50. The molecule has 1 aliphatic heterocycles. The summed E-state index contributed by atoms with van der Waals surface area (Å²) in [6, 6.07) is 14.5. The molecule has 6 heteroatoms. The Morgan fingerprint density at radius 3 is 2.78 bits per heavy atom. The molecule has 3 heterocycles. The summed E-state index contributed by atoms with van der Waals surface area (Å²) in [5, 5.41) is 0. The quantitative estimate of drug-likeness (QED) is 0.653. The second-order valence-corrected chi connectivity index (χ2v) is 6.39. The van der Waals surface area contributed by atoms with Crippen molar-refractivity contribution >= 4 is 11.9 Å².